The standard InChI is InChI=1S/C13H15BrClNO/c14-9-6-7-12(15)11(8-9)13(17)16-10-4-2-1-3-5-10/h6-8,10H,1-5H2,(H,16,17). The second-order valence-electron chi connectivity index (χ2n) is 4.43. The lowest BCUT2D eigenvalue weighted by Gasteiger charge is -2.23. The van der Waals surface area contributed by atoms with Gasteiger partial charge in [0.05, 0.1) is 10.6 Å². The van der Waals surface area contributed by atoms with Gasteiger partial charge in [0.25, 0.3) is 5.91 Å². The summed E-state index contributed by atoms with van der Waals surface area (Å²) in [4.78, 5) is 12.1. The molecular weight excluding hydrogens is 302 g/mol. The normalized spacial score (nSPS) is 16.8. The molecule has 0 aliphatic heterocycles. The lowest BCUT2D eigenvalue weighted by atomic mass is 9.95. The maximum Gasteiger partial charge on any atom is 0.253 e. The Labute approximate surface area is 115 Å². The van der Waals surface area contributed by atoms with Crippen LogP contribution in [0.25, 0.3) is 0 Å². The Morgan fingerprint density at radius 3 is 2.71 bits per heavy atom. The van der Waals surface area contributed by atoms with E-state index in [0.29, 0.717) is 16.6 Å². The van der Waals surface area contributed by atoms with Crippen LogP contribution in [-0.4, -0.2) is 11.9 Å². The molecule has 1 aromatic rings. The molecule has 17 heavy (non-hydrogen) atoms. The van der Waals surface area contributed by atoms with Crippen molar-refractivity contribution >= 4 is 33.4 Å². The molecule has 1 saturated carbocycles. The molecule has 92 valence electrons. The first-order valence-electron chi connectivity index (χ1n) is 5.93. The minimum absolute atomic E-state index is 0.0665. The molecule has 0 atom stereocenters. The van der Waals surface area contributed by atoms with Crippen molar-refractivity contribution in [2.24, 2.45) is 0 Å². The summed E-state index contributed by atoms with van der Waals surface area (Å²) < 4.78 is 0.871. The van der Waals surface area contributed by atoms with E-state index in [-0.39, 0.29) is 5.91 Å². The molecule has 1 aromatic carbocycles. The van der Waals surface area contributed by atoms with E-state index in [4.69, 9.17) is 11.6 Å². The predicted octanol–water partition coefficient (Wildman–Crippen LogP) is 4.17. The molecular formula is C13H15BrClNO. The van der Waals surface area contributed by atoms with E-state index in [2.05, 4.69) is 21.2 Å². The van der Waals surface area contributed by atoms with E-state index in [9.17, 15) is 4.79 Å². The molecule has 1 fully saturated rings. The highest BCUT2D eigenvalue weighted by Crippen LogP contribution is 2.22. The van der Waals surface area contributed by atoms with E-state index >= 15 is 0 Å². The Hall–Kier alpha value is -0.540. The third kappa shape index (κ3) is 3.46. The number of amides is 1. The van der Waals surface area contributed by atoms with E-state index in [1.54, 1.807) is 12.1 Å². The van der Waals surface area contributed by atoms with Gasteiger partial charge in [0, 0.05) is 10.5 Å². The molecule has 1 N–H and O–H groups in total. The van der Waals surface area contributed by atoms with Gasteiger partial charge in [0.1, 0.15) is 0 Å². The van der Waals surface area contributed by atoms with Crippen molar-refractivity contribution in [3.63, 3.8) is 0 Å². The molecule has 1 aliphatic carbocycles. The Morgan fingerprint density at radius 1 is 1.29 bits per heavy atom. The summed E-state index contributed by atoms with van der Waals surface area (Å²) in [6, 6.07) is 5.65. The highest BCUT2D eigenvalue weighted by atomic mass is 79.9. The van der Waals surface area contributed by atoms with E-state index in [0.717, 1.165) is 17.3 Å². The SMILES string of the molecule is O=C(NC1CCCCC1)c1cc(Br)ccc1Cl. The van der Waals surface area contributed by atoms with Gasteiger partial charge in [-0.1, -0.05) is 46.8 Å². The summed E-state index contributed by atoms with van der Waals surface area (Å²) in [5, 5.41) is 3.56. The van der Waals surface area contributed by atoms with Crippen LogP contribution in [0.4, 0.5) is 0 Å². The van der Waals surface area contributed by atoms with E-state index < -0.39 is 0 Å². The van der Waals surface area contributed by atoms with Crippen LogP contribution in [0.2, 0.25) is 5.02 Å². The van der Waals surface area contributed by atoms with Crippen LogP contribution in [0.15, 0.2) is 22.7 Å². The summed E-state index contributed by atoms with van der Waals surface area (Å²) in [7, 11) is 0. The summed E-state index contributed by atoms with van der Waals surface area (Å²) in [5.41, 5.74) is 0.548. The van der Waals surface area contributed by atoms with Gasteiger partial charge in [-0.3, -0.25) is 4.79 Å². The third-order valence-corrected chi connectivity index (χ3v) is 3.94. The smallest absolute Gasteiger partial charge is 0.253 e. The highest BCUT2D eigenvalue weighted by Gasteiger charge is 2.18. The Morgan fingerprint density at radius 2 is 2.00 bits per heavy atom. The molecule has 2 rings (SSSR count). The van der Waals surface area contributed by atoms with Gasteiger partial charge < -0.3 is 5.32 Å². The van der Waals surface area contributed by atoms with Crippen LogP contribution in [-0.2, 0) is 0 Å². The van der Waals surface area contributed by atoms with Gasteiger partial charge in [0.2, 0.25) is 0 Å². The van der Waals surface area contributed by atoms with Crippen LogP contribution in [0.1, 0.15) is 42.5 Å². The number of carbonyl (C=O) groups excluding carboxylic acids is 1. The van der Waals surface area contributed by atoms with Crippen LogP contribution in [0.5, 0.6) is 0 Å². The van der Waals surface area contributed by atoms with Crippen LogP contribution >= 0.6 is 27.5 Å². The van der Waals surface area contributed by atoms with Crippen molar-refractivity contribution in [1.29, 1.82) is 0 Å². The maximum absolute atomic E-state index is 12.1. The zero-order valence-corrected chi connectivity index (χ0v) is 11.9. The largest absolute Gasteiger partial charge is 0.349 e. The summed E-state index contributed by atoms with van der Waals surface area (Å²) >= 11 is 9.38. The van der Waals surface area contributed by atoms with Crippen molar-refractivity contribution in [3.05, 3.63) is 33.3 Å². The van der Waals surface area contributed by atoms with Crippen molar-refractivity contribution < 1.29 is 4.79 Å². The van der Waals surface area contributed by atoms with Gasteiger partial charge in [-0.05, 0) is 31.0 Å². The Balaban J connectivity index is 2.05. The zero-order chi connectivity index (χ0) is 12.3. The van der Waals surface area contributed by atoms with Gasteiger partial charge in [0.15, 0.2) is 0 Å². The molecule has 0 aromatic heterocycles. The molecule has 0 unspecified atom stereocenters. The average molecular weight is 317 g/mol. The van der Waals surface area contributed by atoms with Crippen LogP contribution in [0, 0.1) is 0 Å². The topological polar surface area (TPSA) is 29.1 Å². The van der Waals surface area contributed by atoms with Gasteiger partial charge >= 0.3 is 0 Å². The molecule has 2 nitrogen and oxygen atoms in total. The number of hydrogen-bond acceptors (Lipinski definition) is 1. The van der Waals surface area contributed by atoms with Gasteiger partial charge in [-0.15, -0.1) is 0 Å². The Kier molecular flexibility index (Phi) is 4.46. The number of benzene rings is 1. The minimum atomic E-state index is -0.0665. The number of rotatable bonds is 2. The van der Waals surface area contributed by atoms with Crippen molar-refractivity contribution in [3.8, 4) is 0 Å². The van der Waals surface area contributed by atoms with Gasteiger partial charge in [-0.25, -0.2) is 0 Å². The molecule has 0 saturated heterocycles. The molecule has 1 amide bonds. The molecule has 0 radical (unpaired) electrons. The first kappa shape index (κ1) is 12.9. The molecule has 0 bridgehead atoms. The van der Waals surface area contributed by atoms with E-state index in [1.807, 2.05) is 6.07 Å². The number of halogens is 2. The summed E-state index contributed by atoms with van der Waals surface area (Å²) in [6.07, 6.45) is 5.85. The van der Waals surface area contributed by atoms with Crippen molar-refractivity contribution in [2.45, 2.75) is 38.1 Å². The second kappa shape index (κ2) is 5.87. The zero-order valence-electron chi connectivity index (χ0n) is 9.51. The monoisotopic (exact) mass is 315 g/mol. The summed E-state index contributed by atoms with van der Waals surface area (Å²) in [6.45, 7) is 0. The van der Waals surface area contributed by atoms with Crippen molar-refractivity contribution in [1.82, 2.24) is 5.32 Å². The third-order valence-electron chi connectivity index (χ3n) is 3.11. The molecule has 0 heterocycles. The first-order valence-corrected chi connectivity index (χ1v) is 7.10. The molecule has 0 spiro atoms. The fraction of sp³-hybridized carbons (Fsp3) is 0.462. The first-order chi connectivity index (χ1) is 8.16. The fourth-order valence-corrected chi connectivity index (χ4v) is 2.75. The number of hydrogen-bond donors (Lipinski definition) is 1. The summed E-state index contributed by atoms with van der Waals surface area (Å²) in [5.74, 6) is -0.0665. The highest BCUT2D eigenvalue weighted by molar-refractivity contribution is 9.10. The predicted molar refractivity (Wildman–Crippen MR) is 73.5 cm³/mol. The van der Waals surface area contributed by atoms with E-state index in [1.165, 1.54) is 19.3 Å². The van der Waals surface area contributed by atoms with Crippen LogP contribution < -0.4 is 5.32 Å². The lowest BCUT2D eigenvalue weighted by molar-refractivity contribution is 0.0928. The van der Waals surface area contributed by atoms with Crippen LogP contribution in [0.3, 0.4) is 0 Å². The number of nitrogens with one attached hydrogen (secondary N) is 1. The number of carbonyl (C=O) groups is 1. The average Bonchev–Trinajstić information content (AvgIpc) is 2.33. The fourth-order valence-electron chi connectivity index (χ4n) is 2.18. The molecule has 1 aliphatic rings. The minimum Gasteiger partial charge on any atom is -0.349 e. The van der Waals surface area contributed by atoms with Crippen molar-refractivity contribution in [2.75, 3.05) is 0 Å². The molecule has 4 heteroatoms. The lowest BCUT2D eigenvalue weighted by Crippen LogP contribution is -2.36. The van der Waals surface area contributed by atoms with Gasteiger partial charge in [-0.2, -0.15) is 0 Å². The quantitative estimate of drug-likeness (QED) is 0.872. The Bertz CT molecular complexity index is 416. The maximum atomic E-state index is 12.1. The second-order valence-corrected chi connectivity index (χ2v) is 5.76.